The van der Waals surface area contributed by atoms with Crippen LogP contribution in [0, 0.1) is 0 Å². The van der Waals surface area contributed by atoms with Crippen molar-refractivity contribution < 1.29 is 33.5 Å². The van der Waals surface area contributed by atoms with Gasteiger partial charge in [-0.2, -0.15) is 0 Å². The quantitative estimate of drug-likeness (QED) is 0.267. The van der Waals surface area contributed by atoms with E-state index in [0.29, 0.717) is 78.8 Å². The highest BCUT2D eigenvalue weighted by atomic mass is 16.6. The Hall–Kier alpha value is -0.280. The Morgan fingerprint density at radius 2 is 1.04 bits per heavy atom. The Labute approximate surface area is 165 Å². The fraction of sp³-hybridized carbons (Fsp3) is 1.00. The molecule has 0 rings (SSSR count). The van der Waals surface area contributed by atoms with Gasteiger partial charge in [0.25, 0.3) is 0 Å². The molecule has 0 aliphatic rings. The predicted molar refractivity (Wildman–Crippen MR) is 105 cm³/mol. The molecular formula is C20H42O7. The number of hydrogen-bond acceptors (Lipinski definition) is 7. The minimum Gasteiger partial charge on any atom is -0.394 e. The van der Waals surface area contributed by atoms with Crippen LogP contribution in [0.15, 0.2) is 0 Å². The molecule has 7 nitrogen and oxygen atoms in total. The average molecular weight is 395 g/mol. The van der Waals surface area contributed by atoms with Crippen LogP contribution in [0.1, 0.15) is 46.0 Å². The minimum absolute atomic E-state index is 0.0420. The smallest absolute Gasteiger partial charge is 0.0704 e. The number of rotatable bonds is 23. The van der Waals surface area contributed by atoms with Gasteiger partial charge in [0.2, 0.25) is 0 Å². The molecule has 0 radical (unpaired) electrons. The standard InChI is InChI=1S/C20H42O7/c1-3-5-6-7-20(4-2)27-19-18-26-17-16-25-15-14-24-13-12-23-11-10-22-9-8-21/h20-21H,3-19H2,1-2H3. The molecule has 0 bridgehead atoms. The summed E-state index contributed by atoms with van der Waals surface area (Å²) in [4.78, 5) is 0. The van der Waals surface area contributed by atoms with Crippen molar-refractivity contribution in [3.63, 3.8) is 0 Å². The zero-order chi connectivity index (χ0) is 19.8. The SMILES string of the molecule is CCCCCC(CC)OCCOCCOCCOCCOCCOCCO. The fourth-order valence-electron chi connectivity index (χ4n) is 2.35. The van der Waals surface area contributed by atoms with Crippen molar-refractivity contribution in [2.45, 2.75) is 52.1 Å². The summed E-state index contributed by atoms with van der Waals surface area (Å²) in [6.45, 7) is 10.4. The third-order valence-electron chi connectivity index (χ3n) is 3.89. The van der Waals surface area contributed by atoms with Crippen molar-refractivity contribution in [2.24, 2.45) is 0 Å². The number of hydrogen-bond donors (Lipinski definition) is 1. The van der Waals surface area contributed by atoms with Gasteiger partial charge < -0.3 is 33.5 Å². The molecule has 0 saturated carbocycles. The summed E-state index contributed by atoms with van der Waals surface area (Å²) in [5, 5.41) is 8.53. The lowest BCUT2D eigenvalue weighted by molar-refractivity contribution is -0.0277. The van der Waals surface area contributed by atoms with Crippen LogP contribution in [0.2, 0.25) is 0 Å². The van der Waals surface area contributed by atoms with Crippen molar-refractivity contribution in [1.82, 2.24) is 0 Å². The third-order valence-corrected chi connectivity index (χ3v) is 3.89. The van der Waals surface area contributed by atoms with Gasteiger partial charge >= 0.3 is 0 Å². The fourth-order valence-corrected chi connectivity index (χ4v) is 2.35. The predicted octanol–water partition coefficient (Wildman–Crippen LogP) is 2.44. The normalized spacial score (nSPS) is 12.6. The molecule has 0 saturated heterocycles. The summed E-state index contributed by atoms with van der Waals surface area (Å²) in [7, 11) is 0. The Balaban J connectivity index is 3.14. The lowest BCUT2D eigenvalue weighted by Crippen LogP contribution is -2.17. The molecule has 7 heteroatoms. The molecule has 27 heavy (non-hydrogen) atoms. The van der Waals surface area contributed by atoms with Gasteiger partial charge in [-0.15, -0.1) is 0 Å². The van der Waals surface area contributed by atoms with Crippen LogP contribution < -0.4 is 0 Å². The third kappa shape index (κ3) is 21.9. The van der Waals surface area contributed by atoms with Crippen LogP contribution in [-0.2, 0) is 28.4 Å². The van der Waals surface area contributed by atoms with Gasteiger partial charge in [0.05, 0.1) is 85.4 Å². The number of ether oxygens (including phenoxy) is 6. The zero-order valence-electron chi connectivity index (χ0n) is 17.5. The molecule has 0 fully saturated rings. The molecule has 0 amide bonds. The summed E-state index contributed by atoms with van der Waals surface area (Å²) in [6.07, 6.45) is 6.36. The van der Waals surface area contributed by atoms with Crippen molar-refractivity contribution in [1.29, 1.82) is 0 Å². The van der Waals surface area contributed by atoms with Gasteiger partial charge in [-0.05, 0) is 12.8 Å². The van der Waals surface area contributed by atoms with E-state index in [-0.39, 0.29) is 6.61 Å². The Morgan fingerprint density at radius 1 is 0.593 bits per heavy atom. The van der Waals surface area contributed by atoms with Crippen LogP contribution in [-0.4, -0.2) is 90.5 Å². The van der Waals surface area contributed by atoms with E-state index in [9.17, 15) is 0 Å². The monoisotopic (exact) mass is 394 g/mol. The summed E-state index contributed by atoms with van der Waals surface area (Å²) in [6, 6.07) is 0. The second-order valence-corrected chi connectivity index (χ2v) is 6.18. The van der Waals surface area contributed by atoms with E-state index in [0.717, 1.165) is 12.8 Å². The molecule has 1 atom stereocenters. The van der Waals surface area contributed by atoms with E-state index < -0.39 is 0 Å². The topological polar surface area (TPSA) is 75.6 Å². The maximum Gasteiger partial charge on any atom is 0.0704 e. The summed E-state index contributed by atoms with van der Waals surface area (Å²) in [5.74, 6) is 0. The van der Waals surface area contributed by atoms with E-state index in [2.05, 4.69) is 13.8 Å². The highest BCUT2D eigenvalue weighted by Crippen LogP contribution is 2.09. The Bertz CT molecular complexity index is 267. The Morgan fingerprint density at radius 3 is 1.44 bits per heavy atom. The van der Waals surface area contributed by atoms with Crippen LogP contribution in [0.4, 0.5) is 0 Å². The van der Waals surface area contributed by atoms with Crippen molar-refractivity contribution in [3.8, 4) is 0 Å². The molecule has 164 valence electrons. The highest BCUT2D eigenvalue weighted by molar-refractivity contribution is 4.55. The maximum atomic E-state index is 8.53. The summed E-state index contributed by atoms with van der Waals surface area (Å²) in [5.41, 5.74) is 0. The molecule has 0 heterocycles. The van der Waals surface area contributed by atoms with Gasteiger partial charge in [0.1, 0.15) is 0 Å². The largest absolute Gasteiger partial charge is 0.394 e. The molecule has 0 spiro atoms. The number of aliphatic hydroxyl groups excluding tert-OH is 1. The molecule has 0 aromatic rings. The van der Waals surface area contributed by atoms with Gasteiger partial charge in [0, 0.05) is 0 Å². The van der Waals surface area contributed by atoms with Crippen LogP contribution in [0.5, 0.6) is 0 Å². The highest BCUT2D eigenvalue weighted by Gasteiger charge is 2.05. The molecule has 1 N–H and O–H groups in total. The van der Waals surface area contributed by atoms with Crippen LogP contribution >= 0.6 is 0 Å². The first-order valence-corrected chi connectivity index (χ1v) is 10.5. The number of unbranched alkanes of at least 4 members (excludes halogenated alkanes) is 2. The van der Waals surface area contributed by atoms with Crippen molar-refractivity contribution in [2.75, 3.05) is 79.3 Å². The van der Waals surface area contributed by atoms with Gasteiger partial charge in [-0.3, -0.25) is 0 Å². The van der Waals surface area contributed by atoms with Crippen LogP contribution in [0.3, 0.4) is 0 Å². The molecule has 1 unspecified atom stereocenters. The van der Waals surface area contributed by atoms with Crippen molar-refractivity contribution >= 4 is 0 Å². The first-order valence-electron chi connectivity index (χ1n) is 10.5. The van der Waals surface area contributed by atoms with E-state index >= 15 is 0 Å². The lowest BCUT2D eigenvalue weighted by Gasteiger charge is -2.16. The van der Waals surface area contributed by atoms with E-state index in [1.54, 1.807) is 0 Å². The second kappa shape index (κ2) is 23.8. The van der Waals surface area contributed by atoms with Crippen LogP contribution in [0.25, 0.3) is 0 Å². The van der Waals surface area contributed by atoms with E-state index in [1.807, 2.05) is 0 Å². The van der Waals surface area contributed by atoms with Gasteiger partial charge in [0.15, 0.2) is 0 Å². The molecule has 0 aliphatic carbocycles. The zero-order valence-corrected chi connectivity index (χ0v) is 17.5. The van der Waals surface area contributed by atoms with Gasteiger partial charge in [-0.25, -0.2) is 0 Å². The first kappa shape index (κ1) is 26.7. The second-order valence-electron chi connectivity index (χ2n) is 6.18. The molecule has 0 aromatic heterocycles. The summed E-state index contributed by atoms with van der Waals surface area (Å²) >= 11 is 0. The number of aliphatic hydroxyl groups is 1. The Kier molecular flexibility index (Phi) is 23.5. The first-order chi connectivity index (χ1) is 13.3. The molecule has 0 aromatic carbocycles. The van der Waals surface area contributed by atoms with E-state index in [1.165, 1.54) is 19.3 Å². The van der Waals surface area contributed by atoms with Crippen molar-refractivity contribution in [3.05, 3.63) is 0 Å². The lowest BCUT2D eigenvalue weighted by atomic mass is 10.1. The minimum atomic E-state index is 0.0420. The summed E-state index contributed by atoms with van der Waals surface area (Å²) < 4.78 is 32.6. The van der Waals surface area contributed by atoms with Gasteiger partial charge in [-0.1, -0.05) is 33.1 Å². The average Bonchev–Trinajstić information content (AvgIpc) is 2.69. The molecule has 0 aliphatic heterocycles. The maximum absolute atomic E-state index is 8.53. The molecular weight excluding hydrogens is 352 g/mol. The van der Waals surface area contributed by atoms with E-state index in [4.69, 9.17) is 33.5 Å².